The summed E-state index contributed by atoms with van der Waals surface area (Å²) in [4.78, 5) is 27.9. The number of ether oxygens (including phenoxy) is 1. The molecule has 2 aromatic rings. The maximum atomic E-state index is 13.4. The molecule has 2 aromatic carbocycles. The molecule has 10 heteroatoms. The van der Waals surface area contributed by atoms with Crippen LogP contribution >= 0.6 is 0 Å². The van der Waals surface area contributed by atoms with Gasteiger partial charge in [0.1, 0.15) is 11.8 Å². The lowest BCUT2D eigenvalue weighted by atomic mass is 9.96. The summed E-state index contributed by atoms with van der Waals surface area (Å²) >= 11 is 0. The number of amides is 2. The van der Waals surface area contributed by atoms with Gasteiger partial charge in [-0.25, -0.2) is 8.42 Å². The van der Waals surface area contributed by atoms with Crippen LogP contribution in [-0.4, -0.2) is 54.7 Å². The van der Waals surface area contributed by atoms with Gasteiger partial charge in [0.05, 0.1) is 24.0 Å². The van der Waals surface area contributed by atoms with Gasteiger partial charge in [0.2, 0.25) is 11.8 Å². The Morgan fingerprint density at radius 3 is 2.58 bits per heavy atom. The molecule has 2 heterocycles. The van der Waals surface area contributed by atoms with Gasteiger partial charge in [0.15, 0.2) is 0 Å². The van der Waals surface area contributed by atoms with Crippen LogP contribution in [0.4, 0.5) is 0 Å². The summed E-state index contributed by atoms with van der Waals surface area (Å²) in [6.45, 7) is 9.32. The molecular weight excluding hydrogens is 504 g/mol. The third kappa shape index (κ3) is 6.02. The van der Waals surface area contributed by atoms with Gasteiger partial charge in [0.25, 0.3) is 10.0 Å². The van der Waals surface area contributed by atoms with Crippen LogP contribution in [0.2, 0.25) is 0 Å². The normalized spacial score (nSPS) is 19.4. The molecule has 0 unspecified atom stereocenters. The number of hydrogen-bond donors (Lipinski definition) is 2. The molecule has 2 atom stereocenters. The molecule has 0 bridgehead atoms. The van der Waals surface area contributed by atoms with Gasteiger partial charge < -0.3 is 20.3 Å². The molecule has 0 aliphatic carbocycles. The predicted molar refractivity (Wildman–Crippen MR) is 145 cm³/mol. The van der Waals surface area contributed by atoms with E-state index in [1.807, 2.05) is 25.1 Å². The number of carbonyl (C=O) groups excluding carboxylic acids is 2. The lowest BCUT2D eigenvalue weighted by Crippen LogP contribution is -2.51. The van der Waals surface area contributed by atoms with Crippen molar-refractivity contribution in [1.29, 1.82) is 0 Å². The zero-order valence-corrected chi connectivity index (χ0v) is 23.3. The van der Waals surface area contributed by atoms with Gasteiger partial charge in [0, 0.05) is 43.5 Å². The fraction of sp³-hybridized carbons (Fsp3) is 0.429. The van der Waals surface area contributed by atoms with Crippen LogP contribution in [0.1, 0.15) is 56.3 Å². The number of aryl methyl sites for hydroxylation is 1. The minimum Gasteiger partial charge on any atom is -0.493 e. The van der Waals surface area contributed by atoms with Crippen LogP contribution in [0.5, 0.6) is 5.75 Å². The molecule has 0 saturated heterocycles. The van der Waals surface area contributed by atoms with E-state index in [-0.39, 0.29) is 28.8 Å². The third-order valence-electron chi connectivity index (χ3n) is 6.79. The van der Waals surface area contributed by atoms with Crippen molar-refractivity contribution >= 4 is 21.8 Å². The quantitative estimate of drug-likeness (QED) is 0.559. The molecule has 0 spiro atoms. The largest absolute Gasteiger partial charge is 0.493 e. The molecule has 204 valence electrons. The second-order valence-electron chi connectivity index (χ2n) is 10.8. The lowest BCUT2D eigenvalue weighted by molar-refractivity contribution is -0.136. The summed E-state index contributed by atoms with van der Waals surface area (Å²) < 4.78 is 33.6. The number of rotatable bonds is 7. The number of nitrogens with zero attached hydrogens (tertiary/aromatic N) is 2. The zero-order valence-electron chi connectivity index (χ0n) is 22.5. The topological polar surface area (TPSA) is 108 Å². The minimum atomic E-state index is -4.04. The van der Waals surface area contributed by atoms with Crippen LogP contribution in [0, 0.1) is 6.92 Å². The van der Waals surface area contributed by atoms with Crippen LogP contribution in [0.25, 0.3) is 0 Å². The number of nitrogens with one attached hydrogen (secondary N) is 2. The Bertz CT molecular complexity index is 1330. The minimum absolute atomic E-state index is 0.0205. The van der Waals surface area contributed by atoms with Gasteiger partial charge in [-0.3, -0.25) is 13.9 Å². The first-order valence-corrected chi connectivity index (χ1v) is 14.1. The SMILES string of the molecule is Cc1ccc(S(=O)(=O)N2C=CNC(=O)[C@H]2CC(=O)N(C)[C@@H]2CCOc3cc(CNC(C)(C)C)ccc32)cc1. The molecule has 2 aliphatic heterocycles. The van der Waals surface area contributed by atoms with Gasteiger partial charge in [-0.1, -0.05) is 29.8 Å². The Hall–Kier alpha value is -3.37. The van der Waals surface area contributed by atoms with Crippen molar-refractivity contribution < 1.29 is 22.7 Å². The Labute approximate surface area is 224 Å². The monoisotopic (exact) mass is 540 g/mol. The number of sulfonamides is 1. The molecule has 4 rings (SSSR count). The molecule has 2 aliphatic rings. The van der Waals surface area contributed by atoms with Crippen molar-refractivity contribution in [3.05, 3.63) is 71.6 Å². The fourth-order valence-corrected chi connectivity index (χ4v) is 6.00. The van der Waals surface area contributed by atoms with E-state index in [9.17, 15) is 18.0 Å². The maximum absolute atomic E-state index is 13.4. The van der Waals surface area contributed by atoms with Crippen molar-refractivity contribution in [2.75, 3.05) is 13.7 Å². The molecule has 2 N–H and O–H groups in total. The Morgan fingerprint density at radius 1 is 1.18 bits per heavy atom. The smallest absolute Gasteiger partial charge is 0.264 e. The van der Waals surface area contributed by atoms with Crippen LogP contribution in [0.3, 0.4) is 0 Å². The van der Waals surface area contributed by atoms with E-state index in [1.54, 1.807) is 24.1 Å². The van der Waals surface area contributed by atoms with Crippen molar-refractivity contribution in [2.45, 2.75) is 69.6 Å². The van der Waals surface area contributed by atoms with Crippen LogP contribution in [-0.2, 0) is 26.2 Å². The van der Waals surface area contributed by atoms with Crippen molar-refractivity contribution in [1.82, 2.24) is 19.8 Å². The summed E-state index contributed by atoms with van der Waals surface area (Å²) in [7, 11) is -2.35. The summed E-state index contributed by atoms with van der Waals surface area (Å²) in [6, 6.07) is 10.9. The van der Waals surface area contributed by atoms with Crippen molar-refractivity contribution in [2.24, 2.45) is 0 Å². The Kier molecular flexibility index (Phi) is 7.85. The highest BCUT2D eigenvalue weighted by atomic mass is 32.2. The maximum Gasteiger partial charge on any atom is 0.264 e. The van der Waals surface area contributed by atoms with Gasteiger partial charge >= 0.3 is 0 Å². The van der Waals surface area contributed by atoms with Crippen LogP contribution < -0.4 is 15.4 Å². The Balaban J connectivity index is 1.52. The molecule has 0 radical (unpaired) electrons. The standard InChI is InChI=1S/C28H36N4O5S/c1-19-6-9-21(10-7-19)38(35,36)32-14-13-29-27(34)24(32)17-26(33)31(5)23-12-15-37-25-16-20(8-11-22(23)25)18-30-28(2,3)4/h6-11,13-14,16,23-24,30H,12,15,17-18H2,1-5H3,(H,29,34)/t23-,24-/m1/s1. The molecule has 38 heavy (non-hydrogen) atoms. The Morgan fingerprint density at radius 2 is 1.89 bits per heavy atom. The molecule has 9 nitrogen and oxygen atoms in total. The van der Waals surface area contributed by atoms with Gasteiger partial charge in [-0.2, -0.15) is 0 Å². The fourth-order valence-electron chi connectivity index (χ4n) is 4.55. The third-order valence-corrected chi connectivity index (χ3v) is 8.59. The number of fused-ring (bicyclic) bond motifs is 1. The molecule has 0 aromatic heterocycles. The molecular formula is C28H36N4O5S. The molecule has 0 saturated carbocycles. The summed E-state index contributed by atoms with van der Waals surface area (Å²) in [5.74, 6) is -0.148. The average molecular weight is 541 g/mol. The zero-order chi connectivity index (χ0) is 27.7. The highest BCUT2D eigenvalue weighted by Gasteiger charge is 2.39. The van der Waals surface area contributed by atoms with Crippen molar-refractivity contribution in [3.8, 4) is 5.75 Å². The lowest BCUT2D eigenvalue weighted by Gasteiger charge is -2.36. The average Bonchev–Trinajstić information content (AvgIpc) is 2.87. The second-order valence-corrected chi connectivity index (χ2v) is 12.7. The van der Waals surface area contributed by atoms with Crippen molar-refractivity contribution in [3.63, 3.8) is 0 Å². The van der Waals surface area contributed by atoms with Crippen LogP contribution in [0.15, 0.2) is 59.8 Å². The first kappa shape index (κ1) is 27.7. The highest BCUT2D eigenvalue weighted by molar-refractivity contribution is 7.89. The second kappa shape index (κ2) is 10.8. The highest BCUT2D eigenvalue weighted by Crippen LogP contribution is 2.37. The first-order valence-electron chi connectivity index (χ1n) is 12.7. The van der Waals surface area contributed by atoms with E-state index < -0.39 is 22.0 Å². The van der Waals surface area contributed by atoms with E-state index in [2.05, 4.69) is 31.4 Å². The van der Waals surface area contributed by atoms with E-state index in [0.717, 1.165) is 26.7 Å². The number of hydrogen-bond acceptors (Lipinski definition) is 6. The summed E-state index contributed by atoms with van der Waals surface area (Å²) in [5, 5.41) is 6.00. The molecule has 2 amide bonds. The predicted octanol–water partition coefficient (Wildman–Crippen LogP) is 3.22. The van der Waals surface area contributed by atoms with E-state index in [4.69, 9.17) is 4.74 Å². The van der Waals surface area contributed by atoms with Gasteiger partial charge in [-0.05, 0) is 51.5 Å². The first-order chi connectivity index (χ1) is 17.9. The van der Waals surface area contributed by atoms with E-state index >= 15 is 0 Å². The van der Waals surface area contributed by atoms with Gasteiger partial charge in [-0.15, -0.1) is 0 Å². The van der Waals surface area contributed by atoms with E-state index in [1.165, 1.54) is 24.5 Å². The van der Waals surface area contributed by atoms with E-state index in [0.29, 0.717) is 19.6 Å². The molecule has 0 fully saturated rings. The summed E-state index contributed by atoms with van der Waals surface area (Å²) in [5.41, 5.74) is 2.87. The number of benzene rings is 2. The number of carbonyl (C=O) groups is 2. The summed E-state index contributed by atoms with van der Waals surface area (Å²) in [6.07, 6.45) is 2.88.